The minimum atomic E-state index is -0.662. The Hall–Kier alpha value is -1.39. The van der Waals surface area contributed by atoms with Crippen molar-refractivity contribution >= 4 is 5.91 Å². The highest BCUT2D eigenvalue weighted by molar-refractivity contribution is 5.82. The molecule has 2 unspecified atom stereocenters. The number of amides is 1. The molecule has 1 aromatic rings. The summed E-state index contributed by atoms with van der Waals surface area (Å²) in [6.45, 7) is 1.93. The van der Waals surface area contributed by atoms with E-state index in [0.29, 0.717) is 6.54 Å². The Kier molecular flexibility index (Phi) is 4.46. The molecule has 16 heavy (non-hydrogen) atoms. The third kappa shape index (κ3) is 3.32. The summed E-state index contributed by atoms with van der Waals surface area (Å²) in [5, 5.41) is 9.19. The van der Waals surface area contributed by atoms with Gasteiger partial charge in [-0.25, -0.2) is 0 Å². The molecule has 0 aromatic heterocycles. The number of rotatable bonds is 4. The van der Waals surface area contributed by atoms with Gasteiger partial charge in [0.05, 0.1) is 6.10 Å². The van der Waals surface area contributed by atoms with Crippen LogP contribution in [-0.2, 0) is 4.79 Å². The summed E-state index contributed by atoms with van der Waals surface area (Å²) in [6, 6.07) is 8.54. The number of hydrogen-bond acceptors (Lipinski definition) is 3. The predicted molar refractivity (Wildman–Crippen MR) is 62.7 cm³/mol. The van der Waals surface area contributed by atoms with Crippen LogP contribution in [-0.4, -0.2) is 35.6 Å². The van der Waals surface area contributed by atoms with E-state index in [1.54, 1.807) is 14.0 Å². The van der Waals surface area contributed by atoms with E-state index in [0.717, 1.165) is 5.56 Å². The van der Waals surface area contributed by atoms with E-state index in [4.69, 9.17) is 5.73 Å². The van der Waals surface area contributed by atoms with Gasteiger partial charge in [-0.3, -0.25) is 4.79 Å². The van der Waals surface area contributed by atoms with E-state index >= 15 is 0 Å². The van der Waals surface area contributed by atoms with Gasteiger partial charge >= 0.3 is 0 Å². The monoisotopic (exact) mass is 222 g/mol. The van der Waals surface area contributed by atoms with Gasteiger partial charge < -0.3 is 15.7 Å². The fourth-order valence-electron chi connectivity index (χ4n) is 1.53. The summed E-state index contributed by atoms with van der Waals surface area (Å²) >= 11 is 0. The molecule has 1 aromatic carbocycles. The third-order valence-electron chi connectivity index (χ3n) is 2.34. The number of carbonyl (C=O) groups is 1. The molecular weight excluding hydrogens is 204 g/mol. The Morgan fingerprint density at radius 1 is 1.44 bits per heavy atom. The number of benzene rings is 1. The highest BCUT2D eigenvalue weighted by Gasteiger charge is 2.20. The first-order chi connectivity index (χ1) is 7.52. The van der Waals surface area contributed by atoms with Crippen LogP contribution in [0.5, 0.6) is 0 Å². The molecule has 0 aliphatic carbocycles. The van der Waals surface area contributed by atoms with Crippen LogP contribution in [0.1, 0.15) is 18.5 Å². The SMILES string of the molecule is CC(O)CN(C)C(=O)C(N)c1ccccc1. The van der Waals surface area contributed by atoms with Gasteiger partial charge in [0.1, 0.15) is 6.04 Å². The van der Waals surface area contributed by atoms with Crippen LogP contribution in [0.4, 0.5) is 0 Å². The molecule has 0 fully saturated rings. The Labute approximate surface area is 95.7 Å². The van der Waals surface area contributed by atoms with Crippen molar-refractivity contribution in [3.8, 4) is 0 Å². The first-order valence-corrected chi connectivity index (χ1v) is 5.26. The molecule has 0 spiro atoms. The first kappa shape index (κ1) is 12.7. The fraction of sp³-hybridized carbons (Fsp3) is 0.417. The zero-order chi connectivity index (χ0) is 12.1. The van der Waals surface area contributed by atoms with E-state index in [9.17, 15) is 9.90 Å². The van der Waals surface area contributed by atoms with Crippen LogP contribution in [0.2, 0.25) is 0 Å². The van der Waals surface area contributed by atoms with Crippen molar-refractivity contribution in [2.75, 3.05) is 13.6 Å². The topological polar surface area (TPSA) is 66.6 Å². The molecule has 0 bridgehead atoms. The molecule has 88 valence electrons. The van der Waals surface area contributed by atoms with Crippen molar-refractivity contribution in [1.82, 2.24) is 4.90 Å². The molecule has 4 nitrogen and oxygen atoms in total. The second-order valence-electron chi connectivity index (χ2n) is 3.96. The molecule has 4 heteroatoms. The number of aliphatic hydroxyl groups is 1. The average molecular weight is 222 g/mol. The quantitative estimate of drug-likeness (QED) is 0.780. The van der Waals surface area contributed by atoms with Gasteiger partial charge in [0.2, 0.25) is 5.91 Å². The summed E-state index contributed by atoms with van der Waals surface area (Å²) in [7, 11) is 1.64. The van der Waals surface area contributed by atoms with Crippen LogP contribution >= 0.6 is 0 Å². The van der Waals surface area contributed by atoms with E-state index in [1.807, 2.05) is 30.3 Å². The minimum Gasteiger partial charge on any atom is -0.392 e. The summed E-state index contributed by atoms with van der Waals surface area (Å²) < 4.78 is 0. The van der Waals surface area contributed by atoms with Crippen molar-refractivity contribution < 1.29 is 9.90 Å². The Morgan fingerprint density at radius 2 is 2.00 bits per heavy atom. The lowest BCUT2D eigenvalue weighted by molar-refractivity contribution is -0.132. The van der Waals surface area contributed by atoms with Crippen LogP contribution in [0, 0.1) is 0 Å². The van der Waals surface area contributed by atoms with Gasteiger partial charge in [0.15, 0.2) is 0 Å². The van der Waals surface area contributed by atoms with Crippen molar-refractivity contribution in [2.45, 2.75) is 19.1 Å². The number of likely N-dealkylation sites (N-methyl/N-ethyl adjacent to an activating group) is 1. The molecule has 0 saturated carbocycles. The number of nitrogens with zero attached hydrogens (tertiary/aromatic N) is 1. The molecule has 0 radical (unpaired) electrons. The largest absolute Gasteiger partial charge is 0.392 e. The van der Waals surface area contributed by atoms with Crippen molar-refractivity contribution in [3.63, 3.8) is 0 Å². The van der Waals surface area contributed by atoms with Crippen molar-refractivity contribution in [1.29, 1.82) is 0 Å². The summed E-state index contributed by atoms with van der Waals surface area (Å²) in [6.07, 6.45) is -0.545. The van der Waals surface area contributed by atoms with Crippen LogP contribution in [0.3, 0.4) is 0 Å². The second-order valence-corrected chi connectivity index (χ2v) is 3.96. The highest BCUT2D eigenvalue weighted by Crippen LogP contribution is 2.12. The minimum absolute atomic E-state index is 0.188. The average Bonchev–Trinajstić information content (AvgIpc) is 2.27. The molecule has 1 rings (SSSR count). The maximum Gasteiger partial charge on any atom is 0.243 e. The molecule has 0 saturated heterocycles. The molecule has 0 heterocycles. The maximum absolute atomic E-state index is 11.9. The highest BCUT2D eigenvalue weighted by atomic mass is 16.3. The molecular formula is C12H18N2O2. The fourth-order valence-corrected chi connectivity index (χ4v) is 1.53. The normalized spacial score (nSPS) is 14.2. The lowest BCUT2D eigenvalue weighted by Crippen LogP contribution is -2.39. The lowest BCUT2D eigenvalue weighted by Gasteiger charge is -2.22. The van der Waals surface area contributed by atoms with Gasteiger partial charge in [0, 0.05) is 13.6 Å². The number of nitrogens with two attached hydrogens (primary N) is 1. The van der Waals surface area contributed by atoms with Crippen molar-refractivity contribution in [3.05, 3.63) is 35.9 Å². The second kappa shape index (κ2) is 5.63. The van der Waals surface area contributed by atoms with Gasteiger partial charge in [-0.2, -0.15) is 0 Å². The predicted octanol–water partition coefficient (Wildman–Crippen LogP) is 0.526. The summed E-state index contributed by atoms with van der Waals surface area (Å²) in [5.41, 5.74) is 6.62. The van der Waals surface area contributed by atoms with Gasteiger partial charge in [-0.15, -0.1) is 0 Å². The number of hydrogen-bond donors (Lipinski definition) is 2. The molecule has 2 atom stereocenters. The Balaban J connectivity index is 2.67. The van der Waals surface area contributed by atoms with E-state index in [-0.39, 0.29) is 5.91 Å². The number of carbonyl (C=O) groups excluding carboxylic acids is 1. The summed E-state index contributed by atoms with van der Waals surface area (Å²) in [5.74, 6) is -0.188. The first-order valence-electron chi connectivity index (χ1n) is 5.26. The van der Waals surface area contributed by atoms with Crippen LogP contribution in [0.25, 0.3) is 0 Å². The summed E-state index contributed by atoms with van der Waals surface area (Å²) in [4.78, 5) is 13.3. The van der Waals surface area contributed by atoms with E-state index in [1.165, 1.54) is 4.90 Å². The molecule has 1 amide bonds. The van der Waals surface area contributed by atoms with Crippen LogP contribution in [0.15, 0.2) is 30.3 Å². The van der Waals surface area contributed by atoms with Gasteiger partial charge in [-0.05, 0) is 12.5 Å². The lowest BCUT2D eigenvalue weighted by atomic mass is 10.1. The molecule has 3 N–H and O–H groups in total. The van der Waals surface area contributed by atoms with Gasteiger partial charge in [-0.1, -0.05) is 30.3 Å². The van der Waals surface area contributed by atoms with E-state index in [2.05, 4.69) is 0 Å². The standard InChI is InChI=1S/C12H18N2O2/c1-9(15)8-14(2)12(16)11(13)10-6-4-3-5-7-10/h3-7,9,11,15H,8,13H2,1-2H3. The Bertz CT molecular complexity index is 338. The van der Waals surface area contributed by atoms with Gasteiger partial charge in [0.25, 0.3) is 0 Å². The van der Waals surface area contributed by atoms with Crippen LogP contribution < -0.4 is 5.73 Å². The van der Waals surface area contributed by atoms with E-state index < -0.39 is 12.1 Å². The molecule has 0 aliphatic heterocycles. The zero-order valence-corrected chi connectivity index (χ0v) is 9.63. The smallest absolute Gasteiger partial charge is 0.243 e. The molecule has 0 aliphatic rings. The van der Waals surface area contributed by atoms with Crippen molar-refractivity contribution in [2.24, 2.45) is 5.73 Å². The zero-order valence-electron chi connectivity index (χ0n) is 9.63. The maximum atomic E-state index is 11.9. The number of aliphatic hydroxyl groups excluding tert-OH is 1. The third-order valence-corrected chi connectivity index (χ3v) is 2.34. The Morgan fingerprint density at radius 3 is 2.50 bits per heavy atom.